The van der Waals surface area contributed by atoms with E-state index in [2.05, 4.69) is 35.3 Å². The molecule has 0 spiro atoms. The number of rotatable bonds is 3. The molecule has 3 nitrogen and oxygen atoms in total. The highest BCUT2D eigenvalue weighted by atomic mass is 15.2. The second kappa shape index (κ2) is 4.48. The van der Waals surface area contributed by atoms with E-state index in [1.54, 1.807) is 0 Å². The van der Waals surface area contributed by atoms with Crippen LogP contribution in [0.25, 0.3) is 11.3 Å². The Morgan fingerprint density at radius 2 is 2.11 bits per heavy atom. The zero-order valence-corrected chi connectivity index (χ0v) is 10.8. The smallest absolute Gasteiger partial charge is 0.149 e. The van der Waals surface area contributed by atoms with E-state index >= 15 is 0 Å². The van der Waals surface area contributed by atoms with Gasteiger partial charge in [-0.1, -0.05) is 25.5 Å². The number of nitrogens with one attached hydrogen (secondary N) is 1. The lowest BCUT2D eigenvalue weighted by Gasteiger charge is -2.06. The largest absolute Gasteiger partial charge is 0.382 e. The quantitative estimate of drug-likeness (QED) is 0.867. The van der Waals surface area contributed by atoms with Crippen molar-refractivity contribution >= 4 is 5.82 Å². The summed E-state index contributed by atoms with van der Waals surface area (Å²) in [6.07, 6.45) is 5.78. The molecule has 0 amide bonds. The zero-order chi connectivity index (χ0) is 12.5. The number of hydrogen-bond donors (Lipinski definition) is 2. The van der Waals surface area contributed by atoms with E-state index in [0.717, 1.165) is 24.1 Å². The van der Waals surface area contributed by atoms with E-state index < -0.39 is 0 Å². The average molecular weight is 241 g/mol. The number of H-pyrrole nitrogens is 1. The first-order valence-electron chi connectivity index (χ1n) is 6.74. The number of fused-ring (bicyclic) bond motifs is 1. The second-order valence-electron chi connectivity index (χ2n) is 5.05. The molecule has 0 bridgehead atoms. The van der Waals surface area contributed by atoms with Crippen molar-refractivity contribution < 1.29 is 0 Å². The molecule has 0 aliphatic heterocycles. The number of nitrogens with zero attached hydrogens (tertiary/aromatic N) is 1. The van der Waals surface area contributed by atoms with Gasteiger partial charge < -0.3 is 5.73 Å². The molecule has 3 N–H and O–H groups in total. The van der Waals surface area contributed by atoms with Gasteiger partial charge in [-0.05, 0) is 42.9 Å². The van der Waals surface area contributed by atoms with Crippen molar-refractivity contribution in [2.75, 3.05) is 5.73 Å². The van der Waals surface area contributed by atoms with Crippen LogP contribution in [0.15, 0.2) is 18.2 Å². The molecule has 1 aliphatic rings. The number of aromatic nitrogens is 2. The third kappa shape index (κ3) is 1.80. The molecule has 0 atom stereocenters. The molecule has 1 aromatic heterocycles. The van der Waals surface area contributed by atoms with Gasteiger partial charge in [-0.3, -0.25) is 5.10 Å². The van der Waals surface area contributed by atoms with Gasteiger partial charge in [0.2, 0.25) is 0 Å². The van der Waals surface area contributed by atoms with Crippen LogP contribution in [0.2, 0.25) is 0 Å². The molecular weight excluding hydrogens is 222 g/mol. The fourth-order valence-electron chi connectivity index (χ4n) is 2.85. The first kappa shape index (κ1) is 11.3. The monoisotopic (exact) mass is 241 g/mol. The normalized spacial score (nSPS) is 13.8. The maximum atomic E-state index is 5.94. The minimum absolute atomic E-state index is 0.646. The third-order valence-corrected chi connectivity index (χ3v) is 3.79. The Morgan fingerprint density at radius 3 is 2.94 bits per heavy atom. The molecule has 0 saturated heterocycles. The van der Waals surface area contributed by atoms with Crippen LogP contribution < -0.4 is 5.73 Å². The van der Waals surface area contributed by atoms with Gasteiger partial charge in [0.25, 0.3) is 0 Å². The Hall–Kier alpha value is -1.77. The molecule has 0 fully saturated rings. The fourth-order valence-corrected chi connectivity index (χ4v) is 2.85. The van der Waals surface area contributed by atoms with E-state index in [1.807, 2.05) is 0 Å². The summed E-state index contributed by atoms with van der Waals surface area (Å²) in [4.78, 5) is 0. The standard InChI is InChI=1S/C15H19N3/c1-2-4-13-14(17-18-15(13)16)12-8-7-10-5-3-6-11(10)9-12/h7-9H,2-6H2,1H3,(H3,16,17,18). The Bertz CT molecular complexity index is 569. The molecule has 94 valence electrons. The minimum atomic E-state index is 0.646. The molecule has 2 aromatic rings. The summed E-state index contributed by atoms with van der Waals surface area (Å²) in [7, 11) is 0. The number of anilines is 1. The first-order chi connectivity index (χ1) is 8.79. The highest BCUT2D eigenvalue weighted by molar-refractivity contribution is 5.69. The minimum Gasteiger partial charge on any atom is -0.382 e. The number of aromatic amines is 1. The van der Waals surface area contributed by atoms with Crippen molar-refractivity contribution in [2.24, 2.45) is 0 Å². The van der Waals surface area contributed by atoms with Gasteiger partial charge in [0.15, 0.2) is 0 Å². The maximum Gasteiger partial charge on any atom is 0.149 e. The molecule has 0 unspecified atom stereocenters. The topological polar surface area (TPSA) is 54.7 Å². The van der Waals surface area contributed by atoms with Crippen LogP contribution in [-0.2, 0) is 19.3 Å². The van der Waals surface area contributed by atoms with E-state index in [0.29, 0.717) is 5.82 Å². The van der Waals surface area contributed by atoms with E-state index in [4.69, 9.17) is 5.73 Å². The highest BCUT2D eigenvalue weighted by Gasteiger charge is 2.15. The van der Waals surface area contributed by atoms with Crippen LogP contribution in [0.5, 0.6) is 0 Å². The van der Waals surface area contributed by atoms with E-state index in [1.165, 1.54) is 36.0 Å². The van der Waals surface area contributed by atoms with Crippen molar-refractivity contribution in [1.29, 1.82) is 0 Å². The molecule has 1 aromatic carbocycles. The average Bonchev–Trinajstić information content (AvgIpc) is 2.97. The molecular formula is C15H19N3. The zero-order valence-electron chi connectivity index (χ0n) is 10.8. The lowest BCUT2D eigenvalue weighted by molar-refractivity contribution is 0.911. The van der Waals surface area contributed by atoms with Gasteiger partial charge in [-0.2, -0.15) is 5.10 Å². The molecule has 1 heterocycles. The Labute approximate surface area is 107 Å². The molecule has 3 rings (SSSR count). The van der Waals surface area contributed by atoms with Gasteiger partial charge in [0.05, 0.1) is 5.69 Å². The highest BCUT2D eigenvalue weighted by Crippen LogP contribution is 2.30. The molecule has 1 aliphatic carbocycles. The van der Waals surface area contributed by atoms with Crippen LogP contribution in [-0.4, -0.2) is 10.2 Å². The Balaban J connectivity index is 2.04. The summed E-state index contributed by atoms with van der Waals surface area (Å²) in [5.41, 5.74) is 12.4. The van der Waals surface area contributed by atoms with Crippen LogP contribution in [0.4, 0.5) is 5.82 Å². The first-order valence-corrected chi connectivity index (χ1v) is 6.74. The van der Waals surface area contributed by atoms with Gasteiger partial charge in [-0.25, -0.2) is 0 Å². The molecule has 0 radical (unpaired) electrons. The van der Waals surface area contributed by atoms with Crippen LogP contribution in [0, 0.1) is 0 Å². The van der Waals surface area contributed by atoms with Gasteiger partial charge in [-0.15, -0.1) is 0 Å². The van der Waals surface area contributed by atoms with Crippen molar-refractivity contribution in [3.63, 3.8) is 0 Å². The molecule has 3 heteroatoms. The Kier molecular flexibility index (Phi) is 2.82. The summed E-state index contributed by atoms with van der Waals surface area (Å²) in [5.74, 6) is 0.646. The van der Waals surface area contributed by atoms with Crippen molar-refractivity contribution in [3.8, 4) is 11.3 Å². The van der Waals surface area contributed by atoms with Crippen LogP contribution in [0.1, 0.15) is 36.5 Å². The van der Waals surface area contributed by atoms with Crippen LogP contribution in [0.3, 0.4) is 0 Å². The number of hydrogen-bond acceptors (Lipinski definition) is 2. The van der Waals surface area contributed by atoms with E-state index in [9.17, 15) is 0 Å². The Morgan fingerprint density at radius 1 is 1.28 bits per heavy atom. The van der Waals surface area contributed by atoms with Crippen molar-refractivity contribution in [2.45, 2.75) is 39.0 Å². The number of benzene rings is 1. The number of nitrogens with two attached hydrogens (primary N) is 1. The predicted molar refractivity (Wildman–Crippen MR) is 74.5 cm³/mol. The van der Waals surface area contributed by atoms with Crippen molar-refractivity contribution in [1.82, 2.24) is 10.2 Å². The van der Waals surface area contributed by atoms with Crippen LogP contribution >= 0.6 is 0 Å². The second-order valence-corrected chi connectivity index (χ2v) is 5.05. The lowest BCUT2D eigenvalue weighted by atomic mass is 10.0. The SMILES string of the molecule is CCCc1c(N)n[nH]c1-c1ccc2c(c1)CCC2. The summed E-state index contributed by atoms with van der Waals surface area (Å²) in [6.45, 7) is 2.17. The summed E-state index contributed by atoms with van der Waals surface area (Å²) < 4.78 is 0. The lowest BCUT2D eigenvalue weighted by Crippen LogP contribution is -1.93. The maximum absolute atomic E-state index is 5.94. The number of nitrogen functional groups attached to an aromatic ring is 1. The van der Waals surface area contributed by atoms with Gasteiger partial charge in [0, 0.05) is 11.1 Å². The summed E-state index contributed by atoms with van der Waals surface area (Å²) in [6, 6.07) is 6.75. The van der Waals surface area contributed by atoms with Gasteiger partial charge in [0.1, 0.15) is 5.82 Å². The molecule has 18 heavy (non-hydrogen) atoms. The molecule has 0 saturated carbocycles. The van der Waals surface area contributed by atoms with E-state index in [-0.39, 0.29) is 0 Å². The van der Waals surface area contributed by atoms with Gasteiger partial charge >= 0.3 is 0 Å². The number of aryl methyl sites for hydroxylation is 2. The third-order valence-electron chi connectivity index (χ3n) is 3.79. The summed E-state index contributed by atoms with van der Waals surface area (Å²) >= 11 is 0. The van der Waals surface area contributed by atoms with Crippen molar-refractivity contribution in [3.05, 3.63) is 34.9 Å². The fraction of sp³-hybridized carbons (Fsp3) is 0.400. The summed E-state index contributed by atoms with van der Waals surface area (Å²) in [5, 5.41) is 7.25. The predicted octanol–water partition coefficient (Wildman–Crippen LogP) is 3.10.